The summed E-state index contributed by atoms with van der Waals surface area (Å²) in [5.74, 6) is -0.903. The van der Waals surface area contributed by atoms with Crippen molar-refractivity contribution in [2.24, 2.45) is 11.3 Å². The van der Waals surface area contributed by atoms with Gasteiger partial charge in [0.25, 0.3) is 0 Å². The SMILES string of the molecule is CC(CCNC(=O)OCC1c2ccccc2-c2ccccc21)CC(=O)NCC1(C(=O)O)CCCC1. The van der Waals surface area contributed by atoms with Crippen LogP contribution in [-0.4, -0.2) is 42.8 Å². The first kappa shape index (κ1) is 24.8. The number of benzene rings is 2. The van der Waals surface area contributed by atoms with Crippen molar-refractivity contribution in [1.82, 2.24) is 10.6 Å². The lowest BCUT2D eigenvalue weighted by Crippen LogP contribution is -2.41. The summed E-state index contributed by atoms with van der Waals surface area (Å²) in [6.45, 7) is 2.81. The number of carbonyl (C=O) groups excluding carboxylic acids is 2. The van der Waals surface area contributed by atoms with Gasteiger partial charge in [-0.2, -0.15) is 0 Å². The summed E-state index contributed by atoms with van der Waals surface area (Å²) in [4.78, 5) is 36.2. The second-order valence-corrected chi connectivity index (χ2v) is 9.92. The smallest absolute Gasteiger partial charge is 0.407 e. The predicted octanol–water partition coefficient (Wildman–Crippen LogP) is 4.70. The van der Waals surface area contributed by atoms with Gasteiger partial charge in [-0.3, -0.25) is 9.59 Å². The molecule has 186 valence electrons. The number of alkyl carbamates (subject to hydrolysis) is 1. The fraction of sp³-hybridized carbons (Fsp3) is 0.464. The molecule has 0 spiro atoms. The molecule has 1 saturated carbocycles. The van der Waals surface area contributed by atoms with Gasteiger partial charge in [0.05, 0.1) is 5.41 Å². The first-order chi connectivity index (χ1) is 16.9. The molecule has 2 amide bonds. The van der Waals surface area contributed by atoms with E-state index in [0.29, 0.717) is 32.2 Å². The Hall–Kier alpha value is -3.35. The third-order valence-electron chi connectivity index (χ3n) is 7.42. The highest BCUT2D eigenvalue weighted by Crippen LogP contribution is 2.44. The van der Waals surface area contributed by atoms with Crippen LogP contribution >= 0.6 is 0 Å². The summed E-state index contributed by atoms with van der Waals surface area (Å²) < 4.78 is 5.55. The molecule has 2 aliphatic rings. The van der Waals surface area contributed by atoms with Gasteiger partial charge >= 0.3 is 12.1 Å². The van der Waals surface area contributed by atoms with Gasteiger partial charge in [0.1, 0.15) is 6.61 Å². The number of ether oxygens (including phenoxy) is 1. The summed E-state index contributed by atoms with van der Waals surface area (Å²) in [5.41, 5.74) is 3.90. The lowest BCUT2D eigenvalue weighted by atomic mass is 9.86. The Balaban J connectivity index is 1.17. The minimum atomic E-state index is -0.823. The van der Waals surface area contributed by atoms with E-state index in [4.69, 9.17) is 4.74 Å². The fourth-order valence-corrected chi connectivity index (χ4v) is 5.35. The lowest BCUT2D eigenvalue weighted by Gasteiger charge is -2.24. The van der Waals surface area contributed by atoms with E-state index in [2.05, 4.69) is 34.9 Å². The van der Waals surface area contributed by atoms with Crippen LogP contribution in [0.2, 0.25) is 0 Å². The van der Waals surface area contributed by atoms with Crippen molar-refractivity contribution in [3.63, 3.8) is 0 Å². The van der Waals surface area contributed by atoms with Crippen LogP contribution < -0.4 is 10.6 Å². The van der Waals surface area contributed by atoms with Gasteiger partial charge in [-0.15, -0.1) is 0 Å². The summed E-state index contributed by atoms with van der Waals surface area (Å²) in [5, 5.41) is 15.1. The van der Waals surface area contributed by atoms with Gasteiger partial charge in [-0.05, 0) is 47.4 Å². The molecule has 0 heterocycles. The van der Waals surface area contributed by atoms with Crippen LogP contribution in [0.25, 0.3) is 11.1 Å². The van der Waals surface area contributed by atoms with Crippen molar-refractivity contribution >= 4 is 18.0 Å². The summed E-state index contributed by atoms with van der Waals surface area (Å²) >= 11 is 0. The van der Waals surface area contributed by atoms with Crippen LogP contribution in [-0.2, 0) is 14.3 Å². The molecule has 2 aliphatic carbocycles. The van der Waals surface area contributed by atoms with E-state index in [1.807, 2.05) is 31.2 Å². The predicted molar refractivity (Wildman–Crippen MR) is 133 cm³/mol. The van der Waals surface area contributed by atoms with E-state index < -0.39 is 17.5 Å². The summed E-state index contributed by atoms with van der Waals surface area (Å²) in [6.07, 6.45) is 3.46. The van der Waals surface area contributed by atoms with E-state index in [0.717, 1.165) is 12.8 Å². The van der Waals surface area contributed by atoms with E-state index in [1.54, 1.807) is 0 Å². The topological polar surface area (TPSA) is 105 Å². The van der Waals surface area contributed by atoms with Gasteiger partial charge in [0.15, 0.2) is 0 Å². The molecule has 3 N–H and O–H groups in total. The Bertz CT molecular complexity index is 1030. The van der Waals surface area contributed by atoms with Crippen molar-refractivity contribution in [2.75, 3.05) is 19.7 Å². The molecule has 1 atom stereocenters. The number of nitrogens with one attached hydrogen (secondary N) is 2. The maximum atomic E-state index is 12.3. The number of amides is 2. The molecule has 2 aromatic rings. The summed E-state index contributed by atoms with van der Waals surface area (Å²) in [7, 11) is 0. The zero-order valence-corrected chi connectivity index (χ0v) is 20.2. The van der Waals surface area contributed by atoms with E-state index in [1.165, 1.54) is 22.3 Å². The average molecular weight is 479 g/mol. The molecular formula is C28H34N2O5. The van der Waals surface area contributed by atoms with Gasteiger partial charge < -0.3 is 20.5 Å². The fourth-order valence-electron chi connectivity index (χ4n) is 5.35. The number of carboxylic acid groups (broad SMARTS) is 1. The van der Waals surface area contributed by atoms with Gasteiger partial charge in [-0.1, -0.05) is 68.3 Å². The molecule has 7 nitrogen and oxygen atoms in total. The number of aliphatic carboxylic acids is 1. The van der Waals surface area contributed by atoms with Crippen LogP contribution in [0.4, 0.5) is 4.79 Å². The quantitative estimate of drug-likeness (QED) is 0.459. The number of hydrogen-bond acceptors (Lipinski definition) is 4. The Kier molecular flexibility index (Phi) is 7.73. The minimum absolute atomic E-state index is 0.0183. The van der Waals surface area contributed by atoms with Gasteiger partial charge in [0, 0.05) is 25.4 Å². The minimum Gasteiger partial charge on any atom is -0.481 e. The van der Waals surface area contributed by atoms with Gasteiger partial charge in [-0.25, -0.2) is 4.79 Å². The molecule has 4 rings (SSSR count). The molecule has 1 unspecified atom stereocenters. The third kappa shape index (κ3) is 5.66. The highest BCUT2D eigenvalue weighted by molar-refractivity contribution is 5.80. The molecular weight excluding hydrogens is 444 g/mol. The number of hydrogen-bond donors (Lipinski definition) is 3. The zero-order chi connectivity index (χ0) is 24.8. The third-order valence-corrected chi connectivity index (χ3v) is 7.42. The van der Waals surface area contributed by atoms with Crippen molar-refractivity contribution in [3.05, 3.63) is 59.7 Å². The molecule has 0 aromatic heterocycles. The average Bonchev–Trinajstić information content (AvgIpc) is 3.45. The van der Waals surface area contributed by atoms with Crippen LogP contribution in [0, 0.1) is 11.3 Å². The monoisotopic (exact) mass is 478 g/mol. The molecule has 0 saturated heterocycles. The Morgan fingerprint density at radius 2 is 1.60 bits per heavy atom. The number of carboxylic acids is 1. The van der Waals surface area contributed by atoms with E-state index in [-0.39, 0.29) is 30.9 Å². The van der Waals surface area contributed by atoms with Gasteiger partial charge in [0.2, 0.25) is 5.91 Å². The second kappa shape index (κ2) is 10.9. The number of rotatable bonds is 10. The van der Waals surface area contributed by atoms with Crippen LogP contribution in [0.1, 0.15) is 62.5 Å². The molecule has 0 bridgehead atoms. The van der Waals surface area contributed by atoms with E-state index in [9.17, 15) is 19.5 Å². The summed E-state index contributed by atoms with van der Waals surface area (Å²) in [6, 6.07) is 16.4. The Morgan fingerprint density at radius 1 is 1.00 bits per heavy atom. The molecule has 2 aromatic carbocycles. The first-order valence-corrected chi connectivity index (χ1v) is 12.5. The lowest BCUT2D eigenvalue weighted by molar-refractivity contribution is -0.148. The van der Waals surface area contributed by atoms with Crippen molar-refractivity contribution in [2.45, 2.75) is 51.4 Å². The normalized spacial score (nSPS) is 16.7. The van der Waals surface area contributed by atoms with E-state index >= 15 is 0 Å². The van der Waals surface area contributed by atoms with Crippen molar-refractivity contribution in [3.8, 4) is 11.1 Å². The Morgan fingerprint density at radius 3 is 2.20 bits per heavy atom. The Labute approximate surface area is 206 Å². The zero-order valence-electron chi connectivity index (χ0n) is 20.2. The molecule has 1 fully saturated rings. The largest absolute Gasteiger partial charge is 0.481 e. The van der Waals surface area contributed by atoms with Crippen molar-refractivity contribution in [1.29, 1.82) is 0 Å². The second-order valence-electron chi connectivity index (χ2n) is 9.92. The molecule has 35 heavy (non-hydrogen) atoms. The molecule has 0 aliphatic heterocycles. The maximum Gasteiger partial charge on any atom is 0.407 e. The van der Waals surface area contributed by atoms with Crippen LogP contribution in [0.5, 0.6) is 0 Å². The number of carbonyl (C=O) groups is 3. The van der Waals surface area contributed by atoms with Crippen molar-refractivity contribution < 1.29 is 24.2 Å². The van der Waals surface area contributed by atoms with Crippen LogP contribution in [0.15, 0.2) is 48.5 Å². The maximum absolute atomic E-state index is 12.3. The highest BCUT2D eigenvalue weighted by Gasteiger charge is 2.41. The standard InChI is InChI=1S/C28H34N2O5/c1-19(16-25(31)30-18-28(26(32)33)13-6-7-14-28)12-15-29-27(34)35-17-24-22-10-4-2-8-20(22)21-9-3-5-11-23(21)24/h2-5,8-11,19,24H,6-7,12-18H2,1H3,(H,29,34)(H,30,31)(H,32,33). The first-order valence-electron chi connectivity index (χ1n) is 12.5. The highest BCUT2D eigenvalue weighted by atomic mass is 16.5. The molecule has 0 radical (unpaired) electrons. The van der Waals surface area contributed by atoms with Crippen LogP contribution in [0.3, 0.4) is 0 Å². The molecule has 7 heteroatoms. The number of fused-ring (bicyclic) bond motifs is 3.